The van der Waals surface area contributed by atoms with Gasteiger partial charge in [-0.3, -0.25) is 0 Å². The van der Waals surface area contributed by atoms with Crippen LogP contribution in [0.15, 0.2) is 24.5 Å². The van der Waals surface area contributed by atoms with Gasteiger partial charge in [-0.15, -0.1) is 0 Å². The molecule has 0 saturated heterocycles. The first-order valence-electron chi connectivity index (χ1n) is 3.72. The Morgan fingerprint density at radius 1 is 1.14 bits per heavy atom. The molecule has 0 amide bonds. The third-order valence-corrected chi connectivity index (χ3v) is 2.19. The van der Waals surface area contributed by atoms with Crippen molar-refractivity contribution in [2.24, 2.45) is 0 Å². The smallest absolute Gasteiger partial charge is 0.234 e. The quantitative estimate of drug-likeness (QED) is 0.673. The van der Waals surface area contributed by atoms with Gasteiger partial charge >= 0.3 is 0 Å². The molecule has 0 aliphatic rings. The maximum Gasteiger partial charge on any atom is 0.234 e. The average molecular weight is 249 g/mol. The highest BCUT2D eigenvalue weighted by Gasteiger charge is 2.25. The number of pyridine rings is 1. The molecule has 0 spiro atoms. The molecule has 14 heavy (non-hydrogen) atoms. The largest absolute Gasteiger partial charge is 0.243 e. The van der Waals surface area contributed by atoms with Gasteiger partial charge in [0.1, 0.15) is 11.2 Å². The van der Waals surface area contributed by atoms with Gasteiger partial charge in [0.15, 0.2) is 5.65 Å². The van der Waals surface area contributed by atoms with Gasteiger partial charge in [-0.2, -0.15) is 0 Å². The monoisotopic (exact) mass is 247 g/mol. The molecular weight excluding hydrogens is 244 g/mol. The van der Waals surface area contributed by atoms with E-state index in [2.05, 4.69) is 15.0 Å². The van der Waals surface area contributed by atoms with Crippen LogP contribution >= 0.6 is 34.8 Å². The molecule has 0 unspecified atom stereocenters. The molecule has 0 N–H and O–H groups in total. The molecule has 2 aromatic heterocycles. The van der Waals surface area contributed by atoms with E-state index in [-0.39, 0.29) is 0 Å². The second kappa shape index (κ2) is 3.50. The molecule has 0 aliphatic carbocycles. The summed E-state index contributed by atoms with van der Waals surface area (Å²) in [5.41, 5.74) is 1.44. The lowest BCUT2D eigenvalue weighted by Gasteiger charge is -2.09. The zero-order valence-electron chi connectivity index (χ0n) is 6.78. The van der Waals surface area contributed by atoms with E-state index in [0.29, 0.717) is 16.9 Å². The van der Waals surface area contributed by atoms with Crippen LogP contribution in [0.3, 0.4) is 0 Å². The average Bonchev–Trinajstić information content (AvgIpc) is 2.16. The van der Waals surface area contributed by atoms with E-state index in [1.165, 1.54) is 6.20 Å². The Hall–Kier alpha value is -0.640. The van der Waals surface area contributed by atoms with E-state index in [1.54, 1.807) is 18.3 Å². The third-order valence-electron chi connectivity index (χ3n) is 1.61. The first kappa shape index (κ1) is 9.90. The Morgan fingerprint density at radius 2 is 1.93 bits per heavy atom. The zero-order valence-corrected chi connectivity index (χ0v) is 9.05. The van der Waals surface area contributed by atoms with Crippen LogP contribution in [-0.2, 0) is 3.79 Å². The van der Waals surface area contributed by atoms with E-state index >= 15 is 0 Å². The summed E-state index contributed by atoms with van der Waals surface area (Å²) in [4.78, 5) is 12.1. The molecule has 6 heteroatoms. The fourth-order valence-corrected chi connectivity index (χ4v) is 1.27. The van der Waals surface area contributed by atoms with Crippen molar-refractivity contribution in [2.75, 3.05) is 0 Å². The highest BCUT2D eigenvalue weighted by Crippen LogP contribution is 2.36. The first-order valence-corrected chi connectivity index (χ1v) is 4.86. The van der Waals surface area contributed by atoms with Gasteiger partial charge in [0, 0.05) is 6.20 Å². The lowest BCUT2D eigenvalue weighted by Crippen LogP contribution is -2.04. The van der Waals surface area contributed by atoms with Crippen LogP contribution in [0.1, 0.15) is 5.69 Å². The van der Waals surface area contributed by atoms with Gasteiger partial charge in [-0.05, 0) is 12.1 Å². The minimum Gasteiger partial charge on any atom is -0.243 e. The number of alkyl halides is 3. The van der Waals surface area contributed by atoms with Gasteiger partial charge in [-0.1, -0.05) is 34.8 Å². The van der Waals surface area contributed by atoms with E-state index in [9.17, 15) is 0 Å². The fraction of sp³-hybridized carbons (Fsp3) is 0.125. The summed E-state index contributed by atoms with van der Waals surface area (Å²) in [5.74, 6) is 0. The molecule has 3 nitrogen and oxygen atoms in total. The second-order valence-electron chi connectivity index (χ2n) is 2.60. The van der Waals surface area contributed by atoms with Crippen molar-refractivity contribution >= 4 is 46.0 Å². The molecule has 0 atom stereocenters. The molecule has 72 valence electrons. The lowest BCUT2D eigenvalue weighted by atomic mass is 10.4. The Bertz CT molecular complexity index is 467. The first-order chi connectivity index (χ1) is 6.57. The molecule has 2 heterocycles. The summed E-state index contributed by atoms with van der Waals surface area (Å²) in [6, 6.07) is 3.51. The number of halogens is 3. The van der Waals surface area contributed by atoms with Gasteiger partial charge < -0.3 is 0 Å². The van der Waals surface area contributed by atoms with Crippen molar-refractivity contribution in [3.05, 3.63) is 30.2 Å². The van der Waals surface area contributed by atoms with Crippen molar-refractivity contribution < 1.29 is 0 Å². The Balaban J connectivity index is 2.63. The van der Waals surface area contributed by atoms with Crippen LogP contribution in [0.25, 0.3) is 11.2 Å². The van der Waals surface area contributed by atoms with Crippen molar-refractivity contribution in [2.45, 2.75) is 3.79 Å². The maximum atomic E-state index is 5.67. The molecule has 2 aromatic rings. The number of hydrogen-bond acceptors (Lipinski definition) is 3. The van der Waals surface area contributed by atoms with Gasteiger partial charge in [0.25, 0.3) is 0 Å². The minimum atomic E-state index is -1.54. The second-order valence-corrected chi connectivity index (χ2v) is 4.88. The van der Waals surface area contributed by atoms with Crippen LogP contribution in [0.2, 0.25) is 0 Å². The zero-order chi connectivity index (χ0) is 10.2. The van der Waals surface area contributed by atoms with E-state index in [4.69, 9.17) is 34.8 Å². The molecule has 2 rings (SSSR count). The predicted molar refractivity (Wildman–Crippen MR) is 56.6 cm³/mol. The summed E-state index contributed by atoms with van der Waals surface area (Å²) < 4.78 is -1.54. The molecule has 0 bridgehead atoms. The summed E-state index contributed by atoms with van der Waals surface area (Å²) in [7, 11) is 0. The SMILES string of the molecule is ClC(Cl)(Cl)c1cnc2ncccc2n1. The molecule has 0 radical (unpaired) electrons. The fourth-order valence-electron chi connectivity index (χ4n) is 0.993. The summed E-state index contributed by atoms with van der Waals surface area (Å²) in [6.45, 7) is 0. The van der Waals surface area contributed by atoms with Crippen LogP contribution in [0.4, 0.5) is 0 Å². The molecule has 0 fully saturated rings. The molecule has 0 aromatic carbocycles. The standard InChI is InChI=1S/C8H4Cl3N3/c9-8(10,11)6-4-13-7-5(14-6)2-1-3-12-7/h1-4H. The van der Waals surface area contributed by atoms with Gasteiger partial charge in [0.05, 0.1) is 6.20 Å². The third kappa shape index (κ3) is 1.90. The predicted octanol–water partition coefficient (Wildman–Crippen LogP) is 2.85. The number of rotatable bonds is 0. The van der Waals surface area contributed by atoms with Crippen molar-refractivity contribution in [3.63, 3.8) is 0 Å². The maximum absolute atomic E-state index is 5.67. The van der Waals surface area contributed by atoms with Gasteiger partial charge in [-0.25, -0.2) is 15.0 Å². The Morgan fingerprint density at radius 3 is 2.64 bits per heavy atom. The van der Waals surface area contributed by atoms with Crippen LogP contribution in [0.5, 0.6) is 0 Å². The Labute approximate surface area is 95.0 Å². The van der Waals surface area contributed by atoms with Crippen molar-refractivity contribution in [1.29, 1.82) is 0 Å². The Kier molecular flexibility index (Phi) is 2.47. The molecule has 0 saturated carbocycles. The lowest BCUT2D eigenvalue weighted by molar-refractivity contribution is 1.07. The van der Waals surface area contributed by atoms with E-state index in [1.807, 2.05) is 0 Å². The van der Waals surface area contributed by atoms with Crippen LogP contribution < -0.4 is 0 Å². The summed E-state index contributed by atoms with van der Waals surface area (Å²) >= 11 is 17.0. The van der Waals surface area contributed by atoms with E-state index in [0.717, 1.165) is 0 Å². The van der Waals surface area contributed by atoms with Crippen LogP contribution in [0, 0.1) is 0 Å². The summed E-state index contributed by atoms with van der Waals surface area (Å²) in [5, 5.41) is 0. The topological polar surface area (TPSA) is 38.7 Å². The highest BCUT2D eigenvalue weighted by molar-refractivity contribution is 6.66. The number of fused-ring (bicyclic) bond motifs is 1. The number of aromatic nitrogens is 3. The minimum absolute atomic E-state index is 0.294. The van der Waals surface area contributed by atoms with Crippen molar-refractivity contribution in [1.82, 2.24) is 15.0 Å². The molecule has 0 aliphatic heterocycles. The normalized spacial score (nSPS) is 11.9. The molecular formula is C8H4Cl3N3. The number of nitrogens with zero attached hydrogens (tertiary/aromatic N) is 3. The van der Waals surface area contributed by atoms with Crippen molar-refractivity contribution in [3.8, 4) is 0 Å². The van der Waals surface area contributed by atoms with Crippen LogP contribution in [-0.4, -0.2) is 15.0 Å². The number of hydrogen-bond donors (Lipinski definition) is 0. The van der Waals surface area contributed by atoms with E-state index < -0.39 is 3.79 Å². The van der Waals surface area contributed by atoms with Gasteiger partial charge in [0.2, 0.25) is 3.79 Å². The highest BCUT2D eigenvalue weighted by atomic mass is 35.6. The summed E-state index contributed by atoms with van der Waals surface area (Å²) in [6.07, 6.45) is 3.04.